The first-order chi connectivity index (χ1) is 15.6. The second-order valence-electron chi connectivity index (χ2n) is 13.7. The molecular formula is C31H54O2. The highest BCUT2D eigenvalue weighted by atomic mass is 16.3. The predicted octanol–water partition coefficient (Wildman–Crippen LogP) is 7.78. The SMILES string of the molecule is CCCC(O)C1C[C@H](O)CC2=CC[C@H]3[C@@H]4CC[C@H]([C@H](C)CCCC(C)C)[C@@]4(C)CC[C@@H]3[C@]21C. The van der Waals surface area contributed by atoms with Gasteiger partial charge in [0, 0.05) is 0 Å². The van der Waals surface area contributed by atoms with Crippen molar-refractivity contribution in [3.8, 4) is 0 Å². The van der Waals surface area contributed by atoms with E-state index in [4.69, 9.17) is 0 Å². The molecule has 0 radical (unpaired) electrons. The van der Waals surface area contributed by atoms with E-state index in [0.29, 0.717) is 11.3 Å². The van der Waals surface area contributed by atoms with Crippen molar-refractivity contribution in [2.45, 2.75) is 131 Å². The first kappa shape index (κ1) is 25.7. The molecule has 33 heavy (non-hydrogen) atoms. The van der Waals surface area contributed by atoms with Gasteiger partial charge in [0.2, 0.25) is 0 Å². The molecule has 0 heterocycles. The number of fused-ring (bicyclic) bond motifs is 5. The highest BCUT2D eigenvalue weighted by molar-refractivity contribution is 5.27. The lowest BCUT2D eigenvalue weighted by Gasteiger charge is -2.61. The van der Waals surface area contributed by atoms with Crippen molar-refractivity contribution in [3.05, 3.63) is 11.6 Å². The third kappa shape index (κ3) is 4.50. The first-order valence-corrected chi connectivity index (χ1v) is 14.7. The zero-order chi connectivity index (χ0) is 24.0. The molecule has 2 nitrogen and oxygen atoms in total. The van der Waals surface area contributed by atoms with Crippen LogP contribution in [0.25, 0.3) is 0 Å². The van der Waals surface area contributed by atoms with Crippen LogP contribution >= 0.6 is 0 Å². The lowest BCUT2D eigenvalue weighted by molar-refractivity contribution is -0.107. The molecule has 2 unspecified atom stereocenters. The molecule has 0 bridgehead atoms. The van der Waals surface area contributed by atoms with E-state index in [0.717, 1.165) is 55.3 Å². The molecule has 2 N–H and O–H groups in total. The Kier molecular flexibility index (Phi) is 7.77. The van der Waals surface area contributed by atoms with Crippen molar-refractivity contribution < 1.29 is 10.2 Å². The number of rotatable bonds is 8. The van der Waals surface area contributed by atoms with Gasteiger partial charge in [-0.25, -0.2) is 0 Å². The summed E-state index contributed by atoms with van der Waals surface area (Å²) in [5.74, 6) is 5.10. The van der Waals surface area contributed by atoms with Crippen molar-refractivity contribution in [3.63, 3.8) is 0 Å². The molecule has 0 aromatic rings. The summed E-state index contributed by atoms with van der Waals surface area (Å²) in [5, 5.41) is 21.9. The summed E-state index contributed by atoms with van der Waals surface area (Å²) < 4.78 is 0. The summed E-state index contributed by atoms with van der Waals surface area (Å²) in [7, 11) is 0. The molecule has 0 amide bonds. The van der Waals surface area contributed by atoms with E-state index in [-0.39, 0.29) is 23.5 Å². The minimum Gasteiger partial charge on any atom is -0.393 e. The Hall–Kier alpha value is -0.340. The largest absolute Gasteiger partial charge is 0.393 e. The Morgan fingerprint density at radius 2 is 1.76 bits per heavy atom. The van der Waals surface area contributed by atoms with Crippen molar-refractivity contribution >= 4 is 0 Å². The standard InChI is InChI=1S/C31H54O2/c1-7-9-29(33)28-19-23(32)18-22-12-13-24-26-15-14-25(21(4)11-8-10-20(2)3)30(26,5)17-16-27(24)31(22,28)6/h12,20-21,23-29,32-33H,7-11,13-19H2,1-6H3/t21-,23-,24+,25-,26+,27+,28?,29?,30-,31+/m1/s1. The number of aliphatic hydroxyl groups excluding tert-OH is 2. The summed E-state index contributed by atoms with van der Waals surface area (Å²) >= 11 is 0. The zero-order valence-electron chi connectivity index (χ0n) is 22.7. The summed E-state index contributed by atoms with van der Waals surface area (Å²) in [5.41, 5.74) is 2.08. The van der Waals surface area contributed by atoms with E-state index in [1.54, 1.807) is 0 Å². The van der Waals surface area contributed by atoms with Crippen LogP contribution in [-0.2, 0) is 0 Å². The molecule has 2 heteroatoms. The van der Waals surface area contributed by atoms with Crippen LogP contribution in [0.1, 0.15) is 119 Å². The van der Waals surface area contributed by atoms with Crippen LogP contribution in [0.15, 0.2) is 11.6 Å². The second-order valence-corrected chi connectivity index (χ2v) is 13.7. The third-order valence-electron chi connectivity index (χ3n) is 11.5. The maximum atomic E-state index is 11.2. The number of allylic oxidation sites excluding steroid dienone is 1. The highest BCUT2D eigenvalue weighted by Gasteiger charge is 2.61. The fourth-order valence-corrected chi connectivity index (χ4v) is 9.87. The topological polar surface area (TPSA) is 40.5 Å². The number of hydrogen-bond acceptors (Lipinski definition) is 2. The van der Waals surface area contributed by atoms with Gasteiger partial charge < -0.3 is 10.2 Å². The Balaban J connectivity index is 1.56. The van der Waals surface area contributed by atoms with Gasteiger partial charge in [-0.15, -0.1) is 0 Å². The Bertz CT molecular complexity index is 697. The van der Waals surface area contributed by atoms with Gasteiger partial charge in [-0.05, 0) is 104 Å². The predicted molar refractivity (Wildman–Crippen MR) is 139 cm³/mol. The molecule has 10 atom stereocenters. The van der Waals surface area contributed by atoms with Crippen LogP contribution in [0.4, 0.5) is 0 Å². The normalized spacial score (nSPS) is 44.6. The van der Waals surface area contributed by atoms with E-state index < -0.39 is 0 Å². The molecule has 4 aliphatic rings. The van der Waals surface area contributed by atoms with Gasteiger partial charge in [0.1, 0.15) is 0 Å². The van der Waals surface area contributed by atoms with E-state index >= 15 is 0 Å². The maximum Gasteiger partial charge on any atom is 0.0581 e. The van der Waals surface area contributed by atoms with Crippen LogP contribution in [0.2, 0.25) is 0 Å². The fourth-order valence-electron chi connectivity index (χ4n) is 9.87. The Labute approximate surface area is 205 Å². The van der Waals surface area contributed by atoms with E-state index in [1.165, 1.54) is 56.9 Å². The summed E-state index contributed by atoms with van der Waals surface area (Å²) in [6, 6.07) is 0. The van der Waals surface area contributed by atoms with Crippen LogP contribution in [0.3, 0.4) is 0 Å². The molecule has 3 saturated carbocycles. The molecule has 4 rings (SSSR count). The summed E-state index contributed by atoms with van der Waals surface area (Å²) in [6.07, 6.45) is 16.5. The van der Waals surface area contributed by atoms with Gasteiger partial charge in [0.15, 0.2) is 0 Å². The molecule has 3 fully saturated rings. The van der Waals surface area contributed by atoms with Gasteiger partial charge in [-0.1, -0.05) is 78.9 Å². The number of aliphatic hydroxyl groups is 2. The van der Waals surface area contributed by atoms with Crippen LogP contribution in [0, 0.1) is 52.3 Å². The molecule has 0 spiro atoms. The van der Waals surface area contributed by atoms with Crippen molar-refractivity contribution in [1.82, 2.24) is 0 Å². The van der Waals surface area contributed by atoms with Crippen LogP contribution in [0.5, 0.6) is 0 Å². The van der Waals surface area contributed by atoms with E-state index in [1.807, 2.05) is 0 Å². The maximum absolute atomic E-state index is 11.2. The van der Waals surface area contributed by atoms with Gasteiger partial charge in [-0.2, -0.15) is 0 Å². The molecule has 4 aliphatic carbocycles. The van der Waals surface area contributed by atoms with Gasteiger partial charge in [0.25, 0.3) is 0 Å². The molecule has 0 saturated heterocycles. The van der Waals surface area contributed by atoms with E-state index in [2.05, 4.69) is 47.6 Å². The van der Waals surface area contributed by atoms with Crippen molar-refractivity contribution in [2.75, 3.05) is 0 Å². The van der Waals surface area contributed by atoms with Gasteiger partial charge in [0.05, 0.1) is 12.2 Å². The smallest absolute Gasteiger partial charge is 0.0581 e. The quantitative estimate of drug-likeness (QED) is 0.365. The van der Waals surface area contributed by atoms with Crippen LogP contribution in [-0.4, -0.2) is 22.4 Å². The van der Waals surface area contributed by atoms with Gasteiger partial charge >= 0.3 is 0 Å². The lowest BCUT2D eigenvalue weighted by atomic mass is 9.44. The Morgan fingerprint density at radius 3 is 2.45 bits per heavy atom. The highest BCUT2D eigenvalue weighted by Crippen LogP contribution is 2.68. The van der Waals surface area contributed by atoms with Gasteiger partial charge in [-0.3, -0.25) is 0 Å². The average Bonchev–Trinajstić information content (AvgIpc) is 3.11. The minimum atomic E-state index is -0.275. The zero-order valence-corrected chi connectivity index (χ0v) is 22.7. The minimum absolute atomic E-state index is 0.0824. The molecule has 0 aromatic heterocycles. The van der Waals surface area contributed by atoms with E-state index in [9.17, 15) is 10.2 Å². The second kappa shape index (κ2) is 9.96. The fraction of sp³-hybridized carbons (Fsp3) is 0.935. The third-order valence-corrected chi connectivity index (χ3v) is 11.5. The summed E-state index contributed by atoms with van der Waals surface area (Å²) in [6.45, 7) is 14.6. The Morgan fingerprint density at radius 1 is 1.00 bits per heavy atom. The molecule has 0 aromatic carbocycles. The molecular weight excluding hydrogens is 404 g/mol. The monoisotopic (exact) mass is 458 g/mol. The first-order valence-electron chi connectivity index (χ1n) is 14.7. The number of hydrogen-bond donors (Lipinski definition) is 2. The lowest BCUT2D eigenvalue weighted by Crippen LogP contribution is -2.56. The summed E-state index contributed by atoms with van der Waals surface area (Å²) in [4.78, 5) is 0. The molecule has 0 aliphatic heterocycles. The molecule has 190 valence electrons. The van der Waals surface area contributed by atoms with Crippen LogP contribution < -0.4 is 0 Å². The van der Waals surface area contributed by atoms with Crippen molar-refractivity contribution in [1.29, 1.82) is 0 Å². The average molecular weight is 459 g/mol. The van der Waals surface area contributed by atoms with Crippen molar-refractivity contribution in [2.24, 2.45) is 52.3 Å².